The monoisotopic (exact) mass is 374 g/mol. The predicted molar refractivity (Wildman–Crippen MR) is 92.2 cm³/mol. The summed E-state index contributed by atoms with van der Waals surface area (Å²) in [4.78, 5) is 4.52. The SMILES string of the molecule is FC(F)(F)c1cccc(CN2C3CC2CN(c2ccc4nncn4n2)C3)c1. The third kappa shape index (κ3) is 2.91. The van der Waals surface area contributed by atoms with Crippen LogP contribution in [-0.2, 0) is 12.7 Å². The largest absolute Gasteiger partial charge is 0.416 e. The lowest BCUT2D eigenvalue weighted by molar-refractivity contribution is -0.137. The molecule has 2 aromatic heterocycles. The highest BCUT2D eigenvalue weighted by atomic mass is 19.4. The topological polar surface area (TPSA) is 49.6 Å². The summed E-state index contributed by atoms with van der Waals surface area (Å²) in [7, 11) is 0. The zero-order chi connectivity index (χ0) is 18.6. The number of hydrogen-bond donors (Lipinski definition) is 0. The minimum absolute atomic E-state index is 0.330. The van der Waals surface area contributed by atoms with Crippen molar-refractivity contribution in [2.24, 2.45) is 0 Å². The molecule has 0 spiro atoms. The molecule has 140 valence electrons. The smallest absolute Gasteiger partial charge is 0.352 e. The molecular weight excluding hydrogens is 357 g/mol. The van der Waals surface area contributed by atoms with Crippen molar-refractivity contribution in [2.75, 3.05) is 18.0 Å². The summed E-state index contributed by atoms with van der Waals surface area (Å²) in [6.45, 7) is 2.18. The van der Waals surface area contributed by atoms with Crippen LogP contribution >= 0.6 is 0 Å². The number of anilines is 1. The summed E-state index contributed by atoms with van der Waals surface area (Å²) in [5, 5.41) is 12.3. The molecule has 3 aromatic rings. The Hall–Kier alpha value is -2.68. The van der Waals surface area contributed by atoms with Crippen LogP contribution in [0.2, 0.25) is 0 Å². The van der Waals surface area contributed by atoms with Gasteiger partial charge in [0, 0.05) is 31.7 Å². The van der Waals surface area contributed by atoms with E-state index in [0.717, 1.165) is 31.4 Å². The van der Waals surface area contributed by atoms with Crippen molar-refractivity contribution in [3.8, 4) is 0 Å². The first-order valence-corrected chi connectivity index (χ1v) is 8.81. The maximum atomic E-state index is 12.9. The van der Waals surface area contributed by atoms with E-state index in [4.69, 9.17) is 0 Å². The fraction of sp³-hybridized carbons (Fsp3) is 0.389. The number of alkyl halides is 3. The van der Waals surface area contributed by atoms with Crippen molar-refractivity contribution >= 4 is 11.5 Å². The van der Waals surface area contributed by atoms with E-state index < -0.39 is 11.7 Å². The third-order valence-electron chi connectivity index (χ3n) is 5.44. The second kappa shape index (κ2) is 5.91. The molecule has 3 fully saturated rings. The normalized spacial score (nSPS) is 22.9. The van der Waals surface area contributed by atoms with Crippen molar-refractivity contribution in [3.05, 3.63) is 53.9 Å². The van der Waals surface area contributed by atoms with Gasteiger partial charge in [0.05, 0.1) is 5.56 Å². The number of fused-ring (bicyclic) bond motifs is 3. The highest BCUT2D eigenvalue weighted by Gasteiger charge is 2.44. The lowest BCUT2D eigenvalue weighted by Crippen LogP contribution is -2.68. The van der Waals surface area contributed by atoms with Gasteiger partial charge in [0.1, 0.15) is 12.1 Å². The molecule has 0 amide bonds. The van der Waals surface area contributed by atoms with Crippen molar-refractivity contribution in [1.82, 2.24) is 24.7 Å². The van der Waals surface area contributed by atoms with Gasteiger partial charge >= 0.3 is 6.18 Å². The number of hydrogen-bond acceptors (Lipinski definition) is 5. The molecule has 0 saturated carbocycles. The molecule has 3 aliphatic rings. The van der Waals surface area contributed by atoms with E-state index in [2.05, 4.69) is 25.1 Å². The Morgan fingerprint density at radius 3 is 2.67 bits per heavy atom. The minimum Gasteiger partial charge on any atom is -0.352 e. The molecule has 6 rings (SSSR count). The van der Waals surface area contributed by atoms with E-state index in [-0.39, 0.29) is 0 Å². The Labute approximate surface area is 153 Å². The van der Waals surface area contributed by atoms with Gasteiger partial charge in [0.15, 0.2) is 5.65 Å². The number of piperazine rings is 1. The Morgan fingerprint density at radius 1 is 1.07 bits per heavy atom. The summed E-state index contributed by atoms with van der Waals surface area (Å²) < 4.78 is 40.4. The molecule has 2 bridgehead atoms. The lowest BCUT2D eigenvalue weighted by Gasteiger charge is -2.56. The average molecular weight is 374 g/mol. The van der Waals surface area contributed by atoms with E-state index in [1.54, 1.807) is 16.9 Å². The van der Waals surface area contributed by atoms with Crippen molar-refractivity contribution in [1.29, 1.82) is 0 Å². The number of benzene rings is 1. The lowest BCUT2D eigenvalue weighted by atomic mass is 9.86. The summed E-state index contributed by atoms with van der Waals surface area (Å²) in [5.41, 5.74) is 0.822. The molecule has 0 radical (unpaired) electrons. The molecule has 6 nitrogen and oxygen atoms in total. The van der Waals surface area contributed by atoms with E-state index in [1.807, 2.05) is 12.1 Å². The van der Waals surface area contributed by atoms with E-state index >= 15 is 0 Å². The maximum Gasteiger partial charge on any atom is 0.416 e. The Balaban J connectivity index is 1.29. The quantitative estimate of drug-likeness (QED) is 0.705. The fourth-order valence-corrected chi connectivity index (χ4v) is 4.08. The van der Waals surface area contributed by atoms with Gasteiger partial charge < -0.3 is 4.90 Å². The van der Waals surface area contributed by atoms with Crippen LogP contribution in [0.15, 0.2) is 42.7 Å². The maximum absolute atomic E-state index is 12.9. The highest BCUT2D eigenvalue weighted by Crippen LogP contribution is 2.36. The van der Waals surface area contributed by atoms with E-state index in [1.165, 1.54) is 12.1 Å². The number of halogens is 3. The molecule has 3 aliphatic heterocycles. The molecule has 0 aliphatic carbocycles. The van der Waals surface area contributed by atoms with Crippen LogP contribution in [0.25, 0.3) is 5.65 Å². The third-order valence-corrected chi connectivity index (χ3v) is 5.44. The summed E-state index contributed by atoms with van der Waals surface area (Å²) >= 11 is 0. The van der Waals surface area contributed by atoms with Gasteiger partial charge in [0.2, 0.25) is 0 Å². The molecule has 3 saturated heterocycles. The first-order chi connectivity index (χ1) is 13.0. The van der Waals surface area contributed by atoms with Gasteiger partial charge in [-0.1, -0.05) is 18.2 Å². The van der Waals surface area contributed by atoms with Crippen LogP contribution in [0, 0.1) is 0 Å². The second-order valence-electron chi connectivity index (χ2n) is 7.14. The van der Waals surface area contributed by atoms with Crippen LogP contribution in [0.4, 0.5) is 19.0 Å². The molecular formula is C18H17F3N6. The highest BCUT2D eigenvalue weighted by molar-refractivity contribution is 5.46. The van der Waals surface area contributed by atoms with Gasteiger partial charge in [0.25, 0.3) is 0 Å². The van der Waals surface area contributed by atoms with E-state index in [0.29, 0.717) is 29.8 Å². The van der Waals surface area contributed by atoms with Crippen LogP contribution in [0.1, 0.15) is 17.5 Å². The van der Waals surface area contributed by atoms with Gasteiger partial charge in [-0.05, 0) is 30.2 Å². The van der Waals surface area contributed by atoms with E-state index in [9.17, 15) is 13.2 Å². The molecule has 2 atom stereocenters. The summed E-state index contributed by atoms with van der Waals surface area (Å²) in [6, 6.07) is 10.1. The number of nitrogens with zero attached hydrogens (tertiary/aromatic N) is 6. The van der Waals surface area contributed by atoms with Gasteiger partial charge in [-0.3, -0.25) is 4.90 Å². The predicted octanol–water partition coefficient (Wildman–Crippen LogP) is 2.61. The van der Waals surface area contributed by atoms with Crippen LogP contribution < -0.4 is 4.90 Å². The van der Waals surface area contributed by atoms with Crippen LogP contribution in [0.5, 0.6) is 0 Å². The summed E-state index contributed by atoms with van der Waals surface area (Å²) in [6.07, 6.45) is -1.65. The van der Waals surface area contributed by atoms with Gasteiger partial charge in [-0.15, -0.1) is 15.3 Å². The number of rotatable bonds is 3. The van der Waals surface area contributed by atoms with Crippen molar-refractivity contribution < 1.29 is 13.2 Å². The van der Waals surface area contributed by atoms with Crippen LogP contribution in [-0.4, -0.2) is 49.9 Å². The first kappa shape index (κ1) is 16.5. The molecule has 27 heavy (non-hydrogen) atoms. The second-order valence-corrected chi connectivity index (χ2v) is 7.14. The molecule has 5 heterocycles. The molecule has 2 unspecified atom stereocenters. The molecule has 0 N–H and O–H groups in total. The zero-order valence-electron chi connectivity index (χ0n) is 14.3. The van der Waals surface area contributed by atoms with Crippen molar-refractivity contribution in [3.63, 3.8) is 0 Å². The molecule has 1 aromatic carbocycles. The standard InChI is InChI=1S/C18H17F3N6/c19-18(20,21)13-3-1-2-12(6-13)8-26-14-7-15(26)10-25(9-14)17-5-4-16-23-22-11-27(16)24-17/h1-6,11,14-15H,7-10H2. The van der Waals surface area contributed by atoms with Gasteiger partial charge in [-0.2, -0.15) is 17.7 Å². The summed E-state index contributed by atoms with van der Waals surface area (Å²) in [5.74, 6) is 0.871. The van der Waals surface area contributed by atoms with Gasteiger partial charge in [-0.25, -0.2) is 0 Å². The zero-order valence-corrected chi connectivity index (χ0v) is 14.3. The Kier molecular flexibility index (Phi) is 3.61. The fourth-order valence-electron chi connectivity index (χ4n) is 4.08. The first-order valence-electron chi connectivity index (χ1n) is 8.81. The van der Waals surface area contributed by atoms with Crippen molar-refractivity contribution in [2.45, 2.75) is 31.2 Å². The number of piperidine rings is 1. The average Bonchev–Trinajstić information content (AvgIpc) is 3.13. The number of aromatic nitrogens is 4. The Morgan fingerprint density at radius 2 is 1.89 bits per heavy atom. The Bertz CT molecular complexity index is 972. The molecule has 9 heteroatoms. The van der Waals surface area contributed by atoms with Crippen LogP contribution in [0.3, 0.4) is 0 Å². The minimum atomic E-state index is -4.30.